The fraction of sp³-hybridized carbons (Fsp3) is 0.211. The Hall–Kier alpha value is -2.79. The van der Waals surface area contributed by atoms with E-state index in [1.165, 1.54) is 0 Å². The molecule has 1 N–H and O–H groups in total. The zero-order valence-electron chi connectivity index (χ0n) is 13.6. The van der Waals surface area contributed by atoms with Crippen LogP contribution in [0.25, 0.3) is 32.9 Å². The van der Waals surface area contributed by atoms with Gasteiger partial charge in [-0.05, 0) is 43.7 Å². The maximum Gasteiger partial charge on any atom is 0.0923 e. The summed E-state index contributed by atoms with van der Waals surface area (Å²) >= 11 is 0. The zero-order chi connectivity index (χ0) is 16.7. The van der Waals surface area contributed by atoms with Crippen LogP contribution >= 0.6 is 0 Å². The maximum atomic E-state index is 9.97. The van der Waals surface area contributed by atoms with Crippen molar-refractivity contribution < 1.29 is 5.11 Å². The number of fused-ring (bicyclic) bond motifs is 2. The molecule has 0 aliphatic carbocycles. The summed E-state index contributed by atoms with van der Waals surface area (Å²) in [5.74, 6) is 0. The van der Waals surface area contributed by atoms with Gasteiger partial charge in [-0.15, -0.1) is 0 Å². The number of aliphatic hydroxyl groups is 1. The highest BCUT2D eigenvalue weighted by atomic mass is 16.3. The van der Waals surface area contributed by atoms with Gasteiger partial charge in [-0.3, -0.25) is 9.67 Å². The second kappa shape index (κ2) is 5.39. The summed E-state index contributed by atoms with van der Waals surface area (Å²) in [6, 6.07) is 9.83. The first-order valence-electron chi connectivity index (χ1n) is 7.80. The van der Waals surface area contributed by atoms with Gasteiger partial charge in [-0.1, -0.05) is 6.07 Å². The highest BCUT2D eigenvalue weighted by Crippen LogP contribution is 2.28. The summed E-state index contributed by atoms with van der Waals surface area (Å²) in [5, 5.41) is 16.5. The van der Waals surface area contributed by atoms with Crippen molar-refractivity contribution in [3.05, 3.63) is 55.1 Å². The molecule has 0 saturated heterocycles. The van der Waals surface area contributed by atoms with Crippen LogP contribution in [-0.2, 0) is 6.54 Å². The van der Waals surface area contributed by atoms with Gasteiger partial charge in [0.2, 0.25) is 0 Å². The van der Waals surface area contributed by atoms with E-state index >= 15 is 0 Å². The molecule has 24 heavy (non-hydrogen) atoms. The van der Waals surface area contributed by atoms with Gasteiger partial charge >= 0.3 is 0 Å². The van der Waals surface area contributed by atoms with Gasteiger partial charge in [-0.2, -0.15) is 5.10 Å². The van der Waals surface area contributed by atoms with Crippen LogP contribution in [0.5, 0.6) is 0 Å². The Bertz CT molecular complexity index is 1030. The molecule has 3 aromatic heterocycles. The first-order chi connectivity index (χ1) is 11.5. The Morgan fingerprint density at radius 3 is 2.88 bits per heavy atom. The molecule has 0 unspecified atom stereocenters. The topological polar surface area (TPSA) is 63.8 Å². The van der Waals surface area contributed by atoms with Crippen LogP contribution in [0.15, 0.2) is 48.9 Å². The third-order valence-electron chi connectivity index (χ3n) is 3.87. The Morgan fingerprint density at radius 2 is 2.04 bits per heavy atom. The van der Waals surface area contributed by atoms with Gasteiger partial charge in [0.25, 0.3) is 0 Å². The van der Waals surface area contributed by atoms with Crippen molar-refractivity contribution >= 4 is 21.8 Å². The van der Waals surface area contributed by atoms with E-state index in [4.69, 9.17) is 0 Å². The Kier molecular flexibility index (Phi) is 3.32. The van der Waals surface area contributed by atoms with Gasteiger partial charge in [0.05, 0.1) is 29.4 Å². The average molecular weight is 317 g/mol. The smallest absolute Gasteiger partial charge is 0.0923 e. The average Bonchev–Trinajstić information content (AvgIpc) is 2.93. The SMILES string of the molecule is CC(C)(O)Cn1cc2cc(-c3cncc4cc[c]nc34)ccc2n1. The monoisotopic (exact) mass is 317 g/mol. The molecule has 1 radical (unpaired) electrons. The molecule has 0 amide bonds. The lowest BCUT2D eigenvalue weighted by Crippen LogP contribution is -2.26. The van der Waals surface area contributed by atoms with Crippen molar-refractivity contribution in [2.45, 2.75) is 26.0 Å². The Labute approximate surface area is 139 Å². The molecule has 119 valence electrons. The molecular weight excluding hydrogens is 300 g/mol. The van der Waals surface area contributed by atoms with E-state index in [1.807, 2.05) is 30.6 Å². The lowest BCUT2D eigenvalue weighted by molar-refractivity contribution is 0.0580. The molecule has 4 rings (SSSR count). The van der Waals surface area contributed by atoms with Crippen LogP contribution in [0.3, 0.4) is 0 Å². The lowest BCUT2D eigenvalue weighted by Gasteiger charge is -2.16. The number of hydrogen-bond donors (Lipinski definition) is 1. The third-order valence-corrected chi connectivity index (χ3v) is 3.87. The van der Waals surface area contributed by atoms with Gasteiger partial charge in [-0.25, -0.2) is 4.98 Å². The molecule has 3 heterocycles. The van der Waals surface area contributed by atoms with Gasteiger partial charge in [0.1, 0.15) is 0 Å². The molecule has 5 nitrogen and oxygen atoms in total. The standard InChI is InChI=1S/C19H17N4O/c1-19(2,24)12-23-11-15-8-13(5-6-17(15)22-23)16-10-20-9-14-4-3-7-21-18(14)16/h3-6,8-11,24H,12H2,1-2H3. The minimum absolute atomic E-state index is 0.448. The van der Waals surface area contributed by atoms with Crippen molar-refractivity contribution in [1.29, 1.82) is 0 Å². The molecule has 0 bridgehead atoms. The fourth-order valence-electron chi connectivity index (χ4n) is 2.88. The number of aromatic nitrogens is 4. The summed E-state index contributed by atoms with van der Waals surface area (Å²) in [5.41, 5.74) is 2.99. The molecule has 0 fully saturated rings. The number of rotatable bonds is 3. The second-order valence-corrected chi connectivity index (χ2v) is 6.61. The zero-order valence-corrected chi connectivity index (χ0v) is 13.6. The van der Waals surface area contributed by atoms with Crippen molar-refractivity contribution in [2.24, 2.45) is 0 Å². The van der Waals surface area contributed by atoms with E-state index in [0.29, 0.717) is 6.54 Å². The quantitative estimate of drug-likeness (QED) is 0.630. The molecule has 0 spiro atoms. The molecule has 0 aliphatic rings. The number of pyridine rings is 2. The summed E-state index contributed by atoms with van der Waals surface area (Å²) in [7, 11) is 0. The van der Waals surface area contributed by atoms with Crippen molar-refractivity contribution in [1.82, 2.24) is 19.7 Å². The van der Waals surface area contributed by atoms with Gasteiger partial charge < -0.3 is 5.11 Å². The molecule has 4 aromatic rings. The van der Waals surface area contributed by atoms with Crippen LogP contribution < -0.4 is 0 Å². The summed E-state index contributed by atoms with van der Waals surface area (Å²) < 4.78 is 1.78. The predicted molar refractivity (Wildman–Crippen MR) is 93.4 cm³/mol. The third kappa shape index (κ3) is 2.74. The van der Waals surface area contributed by atoms with Crippen LogP contribution in [0, 0.1) is 6.20 Å². The number of hydrogen-bond acceptors (Lipinski definition) is 4. The highest BCUT2D eigenvalue weighted by Gasteiger charge is 2.15. The number of benzene rings is 1. The van der Waals surface area contributed by atoms with Crippen molar-refractivity contribution in [3.8, 4) is 11.1 Å². The summed E-state index contributed by atoms with van der Waals surface area (Å²) in [6.45, 7) is 3.99. The number of nitrogens with zero attached hydrogens (tertiary/aromatic N) is 4. The van der Waals surface area contributed by atoms with Crippen LogP contribution in [-0.4, -0.2) is 30.5 Å². The molecular formula is C19H17N4O. The first-order valence-corrected chi connectivity index (χ1v) is 7.80. The molecule has 0 aliphatic heterocycles. The van der Waals surface area contributed by atoms with E-state index in [1.54, 1.807) is 30.8 Å². The highest BCUT2D eigenvalue weighted by molar-refractivity contribution is 5.95. The largest absolute Gasteiger partial charge is 0.389 e. The van der Waals surface area contributed by atoms with Crippen LogP contribution in [0.2, 0.25) is 0 Å². The van der Waals surface area contributed by atoms with Crippen molar-refractivity contribution in [2.75, 3.05) is 0 Å². The second-order valence-electron chi connectivity index (χ2n) is 6.61. The van der Waals surface area contributed by atoms with E-state index in [0.717, 1.165) is 32.9 Å². The predicted octanol–water partition coefficient (Wildman–Crippen LogP) is 3.22. The van der Waals surface area contributed by atoms with E-state index in [-0.39, 0.29) is 0 Å². The normalized spacial score (nSPS) is 12.1. The van der Waals surface area contributed by atoms with Gasteiger partial charge in [0, 0.05) is 34.9 Å². The fourth-order valence-corrected chi connectivity index (χ4v) is 2.88. The van der Waals surface area contributed by atoms with Crippen LogP contribution in [0.1, 0.15) is 13.8 Å². The maximum absolute atomic E-state index is 9.97. The van der Waals surface area contributed by atoms with E-state index in [9.17, 15) is 5.11 Å². The first kappa shape index (κ1) is 14.8. The van der Waals surface area contributed by atoms with Gasteiger partial charge in [0.15, 0.2) is 0 Å². The Morgan fingerprint density at radius 1 is 1.17 bits per heavy atom. The molecule has 0 atom stereocenters. The Balaban J connectivity index is 1.82. The lowest BCUT2D eigenvalue weighted by atomic mass is 10.0. The molecule has 1 aromatic carbocycles. The van der Waals surface area contributed by atoms with Crippen molar-refractivity contribution in [3.63, 3.8) is 0 Å². The molecule has 0 saturated carbocycles. The molecule has 5 heteroatoms. The summed E-state index contributed by atoms with van der Waals surface area (Å²) in [4.78, 5) is 8.69. The van der Waals surface area contributed by atoms with E-state index < -0.39 is 5.60 Å². The minimum atomic E-state index is -0.801. The minimum Gasteiger partial charge on any atom is -0.389 e. The summed E-state index contributed by atoms with van der Waals surface area (Å²) in [6.07, 6.45) is 8.47. The van der Waals surface area contributed by atoms with Crippen LogP contribution in [0.4, 0.5) is 0 Å². The van der Waals surface area contributed by atoms with E-state index in [2.05, 4.69) is 27.3 Å².